The number of pyridine rings is 3. The molecule has 10 nitrogen and oxygen atoms in total. The van der Waals surface area contributed by atoms with Crippen LogP contribution < -0.4 is 21.3 Å². The molecule has 1 aromatic carbocycles. The molecular formula is C31H36ClFN6O4. The van der Waals surface area contributed by atoms with Crippen LogP contribution in [0.15, 0.2) is 41.3 Å². The van der Waals surface area contributed by atoms with Gasteiger partial charge in [0, 0.05) is 30.2 Å². The molecule has 0 aliphatic heterocycles. The van der Waals surface area contributed by atoms with Crippen molar-refractivity contribution in [2.24, 2.45) is 0 Å². The second-order valence-corrected chi connectivity index (χ2v) is 11.9. The normalized spacial score (nSPS) is 11.7. The van der Waals surface area contributed by atoms with Crippen LogP contribution in [0.4, 0.5) is 20.6 Å². The van der Waals surface area contributed by atoms with E-state index in [0.29, 0.717) is 16.8 Å². The topological polar surface area (TPSA) is 136 Å². The number of aromatic nitrogens is 3. The third-order valence-corrected chi connectivity index (χ3v) is 7.46. The minimum absolute atomic E-state index is 0.0384. The molecule has 4 N–H and O–H groups in total. The molecule has 0 aliphatic rings. The summed E-state index contributed by atoms with van der Waals surface area (Å²) in [6, 6.07) is 7.73. The van der Waals surface area contributed by atoms with Crippen LogP contribution in [0.25, 0.3) is 28.0 Å². The van der Waals surface area contributed by atoms with Gasteiger partial charge in [-0.15, -0.1) is 0 Å². The fourth-order valence-electron chi connectivity index (χ4n) is 5.08. The Morgan fingerprint density at radius 1 is 1.28 bits per heavy atom. The molecule has 228 valence electrons. The first-order valence-electron chi connectivity index (χ1n) is 13.8. The molecule has 43 heavy (non-hydrogen) atoms. The SMILES string of the molecule is COc1cccc(F)c1-c1nc2c(cc1Cl)c(NCCN(C(=O)O)C(C)(C)C)c(N)c(=O)n2-c1c(C)ccnc1C(C)C. The van der Waals surface area contributed by atoms with E-state index in [4.69, 9.17) is 27.1 Å². The number of carboxylic acid groups (broad SMARTS) is 1. The lowest BCUT2D eigenvalue weighted by Crippen LogP contribution is -2.47. The molecule has 0 bridgehead atoms. The number of benzene rings is 1. The summed E-state index contributed by atoms with van der Waals surface area (Å²) in [7, 11) is 1.41. The Morgan fingerprint density at radius 2 is 1.98 bits per heavy atom. The van der Waals surface area contributed by atoms with E-state index in [-0.39, 0.29) is 58.1 Å². The molecule has 3 heterocycles. The molecule has 0 spiro atoms. The number of hydrogen-bond donors (Lipinski definition) is 3. The highest BCUT2D eigenvalue weighted by atomic mass is 35.5. The van der Waals surface area contributed by atoms with Gasteiger partial charge >= 0.3 is 6.09 Å². The Kier molecular flexibility index (Phi) is 8.87. The number of carbonyl (C=O) groups is 1. The van der Waals surface area contributed by atoms with Crippen molar-refractivity contribution in [1.82, 2.24) is 19.4 Å². The van der Waals surface area contributed by atoms with Crippen LogP contribution in [-0.4, -0.2) is 56.4 Å². The van der Waals surface area contributed by atoms with E-state index in [1.165, 1.54) is 28.7 Å². The zero-order chi connectivity index (χ0) is 31.8. The fourth-order valence-corrected chi connectivity index (χ4v) is 5.32. The predicted molar refractivity (Wildman–Crippen MR) is 168 cm³/mol. The van der Waals surface area contributed by atoms with Crippen LogP contribution in [0.2, 0.25) is 5.02 Å². The summed E-state index contributed by atoms with van der Waals surface area (Å²) in [6.45, 7) is 11.4. The van der Waals surface area contributed by atoms with Crippen LogP contribution in [0, 0.1) is 12.7 Å². The van der Waals surface area contributed by atoms with E-state index in [0.717, 1.165) is 5.56 Å². The number of nitrogen functional groups attached to an aromatic ring is 1. The number of rotatable bonds is 8. The Balaban J connectivity index is 2.05. The number of nitrogens with one attached hydrogen (secondary N) is 1. The lowest BCUT2D eigenvalue weighted by Gasteiger charge is -2.33. The van der Waals surface area contributed by atoms with E-state index in [2.05, 4.69) is 10.3 Å². The van der Waals surface area contributed by atoms with Crippen molar-refractivity contribution in [2.75, 3.05) is 31.2 Å². The maximum atomic E-state index is 15.2. The molecule has 12 heteroatoms. The molecule has 0 saturated heterocycles. The Labute approximate surface area is 254 Å². The van der Waals surface area contributed by atoms with Crippen LogP contribution in [0.5, 0.6) is 5.75 Å². The van der Waals surface area contributed by atoms with Crippen molar-refractivity contribution in [1.29, 1.82) is 0 Å². The largest absolute Gasteiger partial charge is 0.496 e. The quantitative estimate of drug-likeness (QED) is 0.207. The number of anilines is 2. The zero-order valence-corrected chi connectivity index (χ0v) is 26.0. The number of fused-ring (bicyclic) bond motifs is 1. The van der Waals surface area contributed by atoms with Crippen molar-refractivity contribution in [3.05, 3.63) is 69.0 Å². The first-order valence-corrected chi connectivity index (χ1v) is 14.1. The molecule has 0 unspecified atom stereocenters. The molecule has 0 aliphatic carbocycles. The van der Waals surface area contributed by atoms with Gasteiger partial charge in [0.1, 0.15) is 22.9 Å². The number of nitrogens with zero attached hydrogens (tertiary/aromatic N) is 4. The summed E-state index contributed by atoms with van der Waals surface area (Å²) in [5.74, 6) is -0.450. The van der Waals surface area contributed by atoms with Gasteiger partial charge in [0.05, 0.1) is 40.5 Å². The standard InChI is InChI=1S/C31H36ClFN6O4/c1-16(2)24-27(17(3)11-12-35-24)39-28-18(15-19(32)26(37-28)22-20(33)9-8-10-21(22)43-7)25(23(34)29(39)40)36-13-14-38(30(41)42)31(4,5)6/h8-12,15-16,36H,13-14,34H2,1-7H3,(H,41,42). The predicted octanol–water partition coefficient (Wildman–Crippen LogP) is 6.45. The summed E-state index contributed by atoms with van der Waals surface area (Å²) in [4.78, 5) is 36.6. The molecule has 4 rings (SSSR count). The smallest absolute Gasteiger partial charge is 0.407 e. The summed E-state index contributed by atoms with van der Waals surface area (Å²) in [5, 5.41) is 13.4. The van der Waals surface area contributed by atoms with E-state index in [1.54, 1.807) is 45.2 Å². The first kappa shape index (κ1) is 31.6. The number of hydrogen-bond acceptors (Lipinski definition) is 7. The third kappa shape index (κ3) is 5.94. The third-order valence-electron chi connectivity index (χ3n) is 7.17. The zero-order valence-electron chi connectivity index (χ0n) is 25.2. The van der Waals surface area contributed by atoms with Gasteiger partial charge < -0.3 is 25.8 Å². The highest BCUT2D eigenvalue weighted by Gasteiger charge is 2.27. The number of nitrogens with two attached hydrogens (primary N) is 1. The Morgan fingerprint density at radius 3 is 2.58 bits per heavy atom. The highest BCUT2D eigenvalue weighted by Crippen LogP contribution is 2.40. The minimum atomic E-state index is -1.08. The Bertz CT molecular complexity index is 1770. The van der Waals surface area contributed by atoms with E-state index >= 15 is 4.39 Å². The van der Waals surface area contributed by atoms with Gasteiger partial charge in [-0.25, -0.2) is 14.2 Å². The molecule has 4 aromatic rings. The summed E-state index contributed by atoms with van der Waals surface area (Å²) < 4.78 is 22.1. The first-order chi connectivity index (χ1) is 20.2. The number of ether oxygens (including phenoxy) is 1. The Hall–Kier alpha value is -4.38. The number of aryl methyl sites for hydroxylation is 1. The van der Waals surface area contributed by atoms with Gasteiger partial charge in [-0.3, -0.25) is 14.3 Å². The lowest BCUT2D eigenvalue weighted by atomic mass is 10.0. The van der Waals surface area contributed by atoms with Crippen molar-refractivity contribution in [3.63, 3.8) is 0 Å². The van der Waals surface area contributed by atoms with Crippen molar-refractivity contribution >= 4 is 40.1 Å². The molecule has 0 atom stereocenters. The molecule has 3 aromatic heterocycles. The average molecular weight is 611 g/mol. The number of amides is 1. The van der Waals surface area contributed by atoms with E-state index in [9.17, 15) is 14.7 Å². The van der Waals surface area contributed by atoms with Gasteiger partial charge in [-0.1, -0.05) is 31.5 Å². The second kappa shape index (κ2) is 12.1. The summed E-state index contributed by atoms with van der Waals surface area (Å²) in [6.07, 6.45) is 0.591. The van der Waals surface area contributed by atoms with Crippen LogP contribution in [0.1, 0.15) is 51.8 Å². The van der Waals surface area contributed by atoms with Crippen LogP contribution >= 0.6 is 11.6 Å². The van der Waals surface area contributed by atoms with Gasteiger partial charge in [-0.2, -0.15) is 0 Å². The van der Waals surface area contributed by atoms with Crippen LogP contribution in [-0.2, 0) is 0 Å². The lowest BCUT2D eigenvalue weighted by molar-refractivity contribution is 0.103. The van der Waals surface area contributed by atoms with Gasteiger partial charge in [0.25, 0.3) is 5.56 Å². The molecule has 0 radical (unpaired) electrons. The number of halogens is 2. The van der Waals surface area contributed by atoms with Crippen molar-refractivity contribution in [3.8, 4) is 22.7 Å². The van der Waals surface area contributed by atoms with Crippen molar-refractivity contribution < 1.29 is 19.0 Å². The van der Waals surface area contributed by atoms with E-state index in [1.807, 2.05) is 20.8 Å². The molecule has 1 amide bonds. The van der Waals surface area contributed by atoms with E-state index < -0.39 is 23.0 Å². The van der Waals surface area contributed by atoms with Gasteiger partial charge in [0.2, 0.25) is 0 Å². The summed E-state index contributed by atoms with van der Waals surface area (Å²) in [5.41, 5.74) is 7.58. The van der Waals surface area contributed by atoms with Crippen molar-refractivity contribution in [2.45, 2.75) is 53.0 Å². The summed E-state index contributed by atoms with van der Waals surface area (Å²) >= 11 is 6.76. The number of methoxy groups -OCH3 is 1. The molecule has 0 fully saturated rings. The minimum Gasteiger partial charge on any atom is -0.496 e. The average Bonchev–Trinajstić information content (AvgIpc) is 2.92. The molecule has 0 saturated carbocycles. The molecular weight excluding hydrogens is 575 g/mol. The van der Waals surface area contributed by atoms with Crippen LogP contribution in [0.3, 0.4) is 0 Å². The fraction of sp³-hybridized carbons (Fsp3) is 0.355. The monoisotopic (exact) mass is 610 g/mol. The maximum Gasteiger partial charge on any atom is 0.407 e. The van der Waals surface area contributed by atoms with Gasteiger partial charge in [0.15, 0.2) is 0 Å². The highest BCUT2D eigenvalue weighted by molar-refractivity contribution is 6.34. The van der Waals surface area contributed by atoms with Gasteiger partial charge in [-0.05, 0) is 63.4 Å². The maximum absolute atomic E-state index is 15.2. The second-order valence-electron chi connectivity index (χ2n) is 11.5.